The van der Waals surface area contributed by atoms with Gasteiger partial charge in [-0.3, -0.25) is 14.5 Å². The largest absolute Gasteiger partial charge is 0.496 e. The normalized spacial score (nSPS) is 15.9. The van der Waals surface area contributed by atoms with E-state index in [-0.39, 0.29) is 11.8 Å². The number of rotatable bonds is 8. The highest BCUT2D eigenvalue weighted by Gasteiger charge is 2.43. The first kappa shape index (κ1) is 20.2. The van der Waals surface area contributed by atoms with Gasteiger partial charge in [-0.25, -0.2) is 0 Å². The minimum Gasteiger partial charge on any atom is -0.496 e. The van der Waals surface area contributed by atoms with Crippen molar-refractivity contribution in [1.29, 1.82) is 0 Å². The van der Waals surface area contributed by atoms with Crippen LogP contribution in [0.2, 0.25) is 0 Å². The number of hydrogen-bond acceptors (Lipinski definition) is 5. The van der Waals surface area contributed by atoms with Crippen LogP contribution in [0.1, 0.15) is 24.5 Å². The van der Waals surface area contributed by atoms with Gasteiger partial charge in [0.1, 0.15) is 11.4 Å². The fourth-order valence-corrected chi connectivity index (χ4v) is 4.15. The van der Waals surface area contributed by atoms with Crippen molar-refractivity contribution < 1.29 is 19.1 Å². The van der Waals surface area contributed by atoms with Gasteiger partial charge in [0.25, 0.3) is 11.8 Å². The van der Waals surface area contributed by atoms with Crippen molar-refractivity contribution >= 4 is 23.1 Å². The lowest BCUT2D eigenvalue weighted by Gasteiger charge is -2.22. The summed E-state index contributed by atoms with van der Waals surface area (Å²) in [5, 5.41) is 0. The quantitative estimate of drug-likeness (QED) is 0.498. The summed E-state index contributed by atoms with van der Waals surface area (Å²) in [6.45, 7) is 4.05. The molecule has 0 saturated heterocycles. The second kappa shape index (κ2) is 8.71. The zero-order valence-corrected chi connectivity index (χ0v) is 17.4. The first-order chi connectivity index (χ1) is 14.7. The fraction of sp³-hybridized carbons (Fsp3) is 0.333. The highest BCUT2D eigenvalue weighted by molar-refractivity contribution is 6.37. The van der Waals surface area contributed by atoms with Crippen molar-refractivity contribution in [2.24, 2.45) is 0 Å². The molecular weight excluding hydrogens is 380 g/mol. The van der Waals surface area contributed by atoms with E-state index in [0.29, 0.717) is 55.3 Å². The Labute approximate surface area is 176 Å². The Bertz CT molecular complexity index is 998. The molecule has 0 spiro atoms. The number of amides is 2. The predicted molar refractivity (Wildman–Crippen MR) is 115 cm³/mol. The van der Waals surface area contributed by atoms with Gasteiger partial charge < -0.3 is 14.4 Å². The van der Waals surface area contributed by atoms with E-state index in [4.69, 9.17) is 9.47 Å². The molecule has 2 aliphatic heterocycles. The van der Waals surface area contributed by atoms with Gasteiger partial charge in [0.2, 0.25) is 0 Å². The van der Waals surface area contributed by atoms with Crippen LogP contribution < -0.4 is 9.64 Å². The predicted octanol–water partition coefficient (Wildman–Crippen LogP) is 3.26. The molecule has 156 valence electrons. The lowest BCUT2D eigenvalue weighted by atomic mass is 10.0. The van der Waals surface area contributed by atoms with E-state index in [1.165, 1.54) is 10.5 Å². The number of ether oxygens (including phenoxy) is 2. The first-order valence-electron chi connectivity index (χ1n) is 10.3. The Kier molecular flexibility index (Phi) is 5.86. The maximum Gasteiger partial charge on any atom is 0.278 e. The number of para-hydroxylation sites is 2. The number of carbonyl (C=O) groups is 2. The summed E-state index contributed by atoms with van der Waals surface area (Å²) in [6.07, 6.45) is 1.44. The van der Waals surface area contributed by atoms with Crippen LogP contribution >= 0.6 is 0 Å². The molecular formula is C24H26N2O4. The van der Waals surface area contributed by atoms with Gasteiger partial charge in [-0.05, 0) is 37.5 Å². The Balaban J connectivity index is 1.78. The van der Waals surface area contributed by atoms with Crippen LogP contribution in [0.15, 0.2) is 54.2 Å². The summed E-state index contributed by atoms with van der Waals surface area (Å²) in [4.78, 5) is 30.3. The fourth-order valence-electron chi connectivity index (χ4n) is 4.15. The molecule has 0 atom stereocenters. The minimum absolute atomic E-state index is 0.255. The molecule has 6 heteroatoms. The minimum atomic E-state index is -0.277. The summed E-state index contributed by atoms with van der Waals surface area (Å²) in [6, 6.07) is 15.4. The monoisotopic (exact) mass is 406 g/mol. The molecule has 2 aliphatic rings. The molecule has 0 aliphatic carbocycles. The summed E-state index contributed by atoms with van der Waals surface area (Å²) in [5.74, 6) is 0.0456. The van der Waals surface area contributed by atoms with Gasteiger partial charge in [0.15, 0.2) is 0 Å². The van der Waals surface area contributed by atoms with Crippen molar-refractivity contribution in [1.82, 2.24) is 4.90 Å². The summed E-state index contributed by atoms with van der Waals surface area (Å²) in [5.41, 5.74) is 3.65. The zero-order chi connectivity index (χ0) is 21.1. The van der Waals surface area contributed by atoms with Crippen molar-refractivity contribution in [2.45, 2.75) is 19.8 Å². The molecule has 2 aromatic rings. The van der Waals surface area contributed by atoms with Crippen LogP contribution in [0.4, 0.5) is 5.69 Å². The number of hydrogen-bond donors (Lipinski definition) is 0. The van der Waals surface area contributed by atoms with Gasteiger partial charge in [0, 0.05) is 37.6 Å². The van der Waals surface area contributed by atoms with Gasteiger partial charge in [-0.15, -0.1) is 0 Å². The smallest absolute Gasteiger partial charge is 0.278 e. The average molecular weight is 406 g/mol. The van der Waals surface area contributed by atoms with Gasteiger partial charge >= 0.3 is 0 Å². The van der Waals surface area contributed by atoms with Gasteiger partial charge in [0.05, 0.1) is 12.7 Å². The van der Waals surface area contributed by atoms with Crippen LogP contribution in [-0.4, -0.2) is 50.1 Å². The third kappa shape index (κ3) is 3.48. The molecule has 0 bridgehead atoms. The third-order valence-corrected chi connectivity index (χ3v) is 5.55. The van der Waals surface area contributed by atoms with E-state index < -0.39 is 0 Å². The second-order valence-corrected chi connectivity index (χ2v) is 7.27. The lowest BCUT2D eigenvalue weighted by Crippen LogP contribution is -2.36. The Morgan fingerprint density at radius 2 is 1.77 bits per heavy atom. The second-order valence-electron chi connectivity index (χ2n) is 7.27. The number of nitrogens with zero attached hydrogens (tertiary/aromatic N) is 2. The van der Waals surface area contributed by atoms with Crippen molar-refractivity contribution in [3.63, 3.8) is 0 Å². The number of anilines is 1. The SMILES string of the molecule is CCOCCCN1C(=O)C(c2ccccc2OC)=C(N2CCc3ccccc32)C1=O. The first-order valence-corrected chi connectivity index (χ1v) is 10.3. The molecule has 6 nitrogen and oxygen atoms in total. The molecule has 2 heterocycles. The van der Waals surface area contributed by atoms with Crippen LogP contribution in [0.25, 0.3) is 5.57 Å². The number of benzene rings is 2. The van der Waals surface area contributed by atoms with Gasteiger partial charge in [-0.1, -0.05) is 36.4 Å². The number of imide groups is 1. The molecule has 0 radical (unpaired) electrons. The summed E-state index contributed by atoms with van der Waals surface area (Å²) in [7, 11) is 1.57. The van der Waals surface area contributed by atoms with E-state index in [1.807, 2.05) is 54.3 Å². The average Bonchev–Trinajstić information content (AvgIpc) is 3.30. The molecule has 2 aromatic carbocycles. The van der Waals surface area contributed by atoms with E-state index in [0.717, 1.165) is 12.1 Å². The van der Waals surface area contributed by atoms with Crippen LogP contribution in [0.5, 0.6) is 5.75 Å². The highest BCUT2D eigenvalue weighted by atomic mass is 16.5. The van der Waals surface area contributed by atoms with Crippen molar-refractivity contribution in [3.8, 4) is 5.75 Å². The van der Waals surface area contributed by atoms with Gasteiger partial charge in [-0.2, -0.15) is 0 Å². The van der Waals surface area contributed by atoms with E-state index in [2.05, 4.69) is 6.07 Å². The molecule has 30 heavy (non-hydrogen) atoms. The van der Waals surface area contributed by atoms with E-state index >= 15 is 0 Å². The molecule has 0 N–H and O–H groups in total. The van der Waals surface area contributed by atoms with Crippen molar-refractivity contribution in [2.75, 3.05) is 38.3 Å². The zero-order valence-electron chi connectivity index (χ0n) is 17.4. The lowest BCUT2D eigenvalue weighted by molar-refractivity contribution is -0.137. The highest BCUT2D eigenvalue weighted by Crippen LogP contribution is 2.40. The molecule has 0 unspecified atom stereocenters. The molecule has 0 fully saturated rings. The Hall–Kier alpha value is -3.12. The topological polar surface area (TPSA) is 59.1 Å². The maximum atomic E-state index is 13.5. The number of carbonyl (C=O) groups excluding carboxylic acids is 2. The molecule has 4 rings (SSSR count). The molecule has 0 saturated carbocycles. The Morgan fingerprint density at radius 3 is 2.57 bits per heavy atom. The standard InChI is InChI=1S/C24H26N2O4/c1-3-30-16-8-14-26-23(27)21(18-10-5-7-12-20(18)29-2)22(24(26)28)25-15-13-17-9-4-6-11-19(17)25/h4-7,9-12H,3,8,13-16H2,1-2H3. The van der Waals surface area contributed by atoms with Crippen LogP contribution in [0, 0.1) is 0 Å². The Morgan fingerprint density at radius 1 is 1.00 bits per heavy atom. The molecule has 2 amide bonds. The van der Waals surface area contributed by atoms with Crippen molar-refractivity contribution in [3.05, 3.63) is 65.4 Å². The maximum absolute atomic E-state index is 13.5. The van der Waals surface area contributed by atoms with E-state index in [9.17, 15) is 9.59 Å². The summed E-state index contributed by atoms with van der Waals surface area (Å²) >= 11 is 0. The third-order valence-electron chi connectivity index (χ3n) is 5.55. The van der Waals surface area contributed by atoms with E-state index in [1.54, 1.807) is 7.11 Å². The number of methoxy groups -OCH3 is 1. The van der Waals surface area contributed by atoms with Crippen LogP contribution in [-0.2, 0) is 20.7 Å². The summed E-state index contributed by atoms with van der Waals surface area (Å²) < 4.78 is 10.9. The van der Waals surface area contributed by atoms with Crippen LogP contribution in [0.3, 0.4) is 0 Å². The number of fused-ring (bicyclic) bond motifs is 1. The molecule has 0 aromatic heterocycles.